The second kappa shape index (κ2) is 7.89. The van der Waals surface area contributed by atoms with E-state index >= 15 is 0 Å². The van der Waals surface area contributed by atoms with E-state index < -0.39 is 0 Å². The van der Waals surface area contributed by atoms with Gasteiger partial charge in [0.2, 0.25) is 5.91 Å². The molecule has 0 bridgehead atoms. The molecule has 5 heteroatoms. The van der Waals surface area contributed by atoms with Crippen LogP contribution in [0.25, 0.3) is 0 Å². The Bertz CT molecular complexity index is 427. The minimum absolute atomic E-state index is 0.117. The van der Waals surface area contributed by atoms with Gasteiger partial charge in [-0.25, -0.2) is 0 Å². The van der Waals surface area contributed by atoms with Crippen molar-refractivity contribution in [1.82, 2.24) is 0 Å². The number of hydrogen-bond acceptors (Lipinski definition) is 3. The van der Waals surface area contributed by atoms with Gasteiger partial charge in [-0.1, -0.05) is 18.2 Å². The molecule has 0 unspecified atom stereocenters. The molecule has 96 valence electrons. The zero-order valence-corrected chi connectivity index (χ0v) is 10.1. The number of carbonyl (C=O) groups excluding carboxylic acids is 1. The van der Waals surface area contributed by atoms with Gasteiger partial charge in [0.15, 0.2) is 0 Å². The predicted octanol–water partition coefficient (Wildman–Crippen LogP) is 1.20. The van der Waals surface area contributed by atoms with E-state index in [1.165, 1.54) is 12.3 Å². The van der Waals surface area contributed by atoms with E-state index in [1.807, 2.05) is 30.3 Å². The lowest BCUT2D eigenvalue weighted by Crippen LogP contribution is -2.12. The number of rotatable bonds is 6. The summed E-state index contributed by atoms with van der Waals surface area (Å²) in [5, 5.41) is 0. The number of amidine groups is 1. The van der Waals surface area contributed by atoms with Gasteiger partial charge in [0.05, 0.1) is 6.61 Å². The summed E-state index contributed by atoms with van der Waals surface area (Å²) in [6, 6.07) is 9.43. The third-order valence-electron chi connectivity index (χ3n) is 2.07. The fourth-order valence-corrected chi connectivity index (χ4v) is 1.27. The number of ether oxygens (including phenoxy) is 1. The van der Waals surface area contributed by atoms with E-state index in [-0.39, 0.29) is 11.7 Å². The number of amides is 1. The molecule has 0 radical (unpaired) electrons. The normalized spacial score (nSPS) is 11.7. The van der Waals surface area contributed by atoms with Crippen LogP contribution in [0, 0.1) is 0 Å². The lowest BCUT2D eigenvalue weighted by Gasteiger charge is -2.04. The van der Waals surface area contributed by atoms with E-state index in [0.29, 0.717) is 19.4 Å². The van der Waals surface area contributed by atoms with Crippen LogP contribution < -0.4 is 16.2 Å². The van der Waals surface area contributed by atoms with Gasteiger partial charge in [-0.15, -0.1) is 0 Å². The molecule has 0 saturated carbocycles. The van der Waals surface area contributed by atoms with Crippen molar-refractivity contribution in [3.05, 3.63) is 42.6 Å². The fourth-order valence-electron chi connectivity index (χ4n) is 1.27. The Labute approximate surface area is 106 Å². The molecule has 1 aromatic carbocycles. The molecule has 0 aliphatic carbocycles. The molecule has 5 nitrogen and oxygen atoms in total. The molecule has 0 heterocycles. The minimum Gasteiger partial charge on any atom is -0.494 e. The monoisotopic (exact) mass is 247 g/mol. The first-order valence-corrected chi connectivity index (χ1v) is 5.65. The van der Waals surface area contributed by atoms with Crippen LogP contribution >= 0.6 is 0 Å². The van der Waals surface area contributed by atoms with Crippen molar-refractivity contribution in [2.45, 2.75) is 12.8 Å². The quantitative estimate of drug-likeness (QED) is 0.449. The molecule has 1 aromatic rings. The maximum absolute atomic E-state index is 11.3. The first-order valence-electron chi connectivity index (χ1n) is 5.65. The van der Waals surface area contributed by atoms with E-state index in [1.54, 1.807) is 0 Å². The van der Waals surface area contributed by atoms with Crippen molar-refractivity contribution in [3.63, 3.8) is 0 Å². The van der Waals surface area contributed by atoms with E-state index in [4.69, 9.17) is 16.2 Å². The van der Waals surface area contributed by atoms with Gasteiger partial charge in [0, 0.05) is 6.42 Å². The average molecular weight is 247 g/mol. The molecular formula is C13H17N3O2. The van der Waals surface area contributed by atoms with Crippen molar-refractivity contribution in [1.29, 1.82) is 0 Å². The summed E-state index contributed by atoms with van der Waals surface area (Å²) in [5.41, 5.74) is 10.5. The number of nitrogens with two attached hydrogens (primary N) is 2. The maximum Gasteiger partial charge on any atom is 0.247 e. The van der Waals surface area contributed by atoms with Gasteiger partial charge < -0.3 is 16.2 Å². The number of para-hydroxylation sites is 1. The number of nitrogens with zero attached hydrogens (tertiary/aromatic N) is 1. The SMILES string of the molecule is N/C=C\C(N)=NC(=O)CCCOc1ccccc1. The molecule has 0 spiro atoms. The Morgan fingerprint density at radius 3 is 2.72 bits per heavy atom. The highest BCUT2D eigenvalue weighted by Gasteiger charge is 2.00. The highest BCUT2D eigenvalue weighted by Crippen LogP contribution is 2.08. The Balaban J connectivity index is 2.22. The second-order valence-corrected chi connectivity index (χ2v) is 3.55. The molecular weight excluding hydrogens is 230 g/mol. The highest BCUT2D eigenvalue weighted by atomic mass is 16.5. The Hall–Kier alpha value is -2.30. The van der Waals surface area contributed by atoms with E-state index in [2.05, 4.69) is 4.99 Å². The van der Waals surface area contributed by atoms with Crippen molar-refractivity contribution >= 4 is 11.7 Å². The minimum atomic E-state index is -0.276. The molecule has 4 N–H and O–H groups in total. The molecule has 0 aliphatic heterocycles. The smallest absolute Gasteiger partial charge is 0.247 e. The molecule has 1 rings (SSSR count). The van der Waals surface area contributed by atoms with Crippen molar-refractivity contribution < 1.29 is 9.53 Å². The standard InChI is InChI=1S/C13H17N3O2/c14-9-8-12(15)16-13(17)7-4-10-18-11-5-2-1-3-6-11/h1-3,5-6,8-9H,4,7,10,14H2,(H2,15,16,17)/b9-8-. The van der Waals surface area contributed by atoms with Crippen LogP contribution in [0.2, 0.25) is 0 Å². The maximum atomic E-state index is 11.3. The summed E-state index contributed by atoms with van der Waals surface area (Å²) in [4.78, 5) is 15.0. The van der Waals surface area contributed by atoms with Crippen LogP contribution in [0.3, 0.4) is 0 Å². The van der Waals surface area contributed by atoms with Gasteiger partial charge in [0.25, 0.3) is 0 Å². The average Bonchev–Trinajstić information content (AvgIpc) is 2.36. The Morgan fingerprint density at radius 2 is 2.06 bits per heavy atom. The van der Waals surface area contributed by atoms with Crippen LogP contribution in [0.4, 0.5) is 0 Å². The second-order valence-electron chi connectivity index (χ2n) is 3.55. The first kappa shape index (κ1) is 13.8. The topological polar surface area (TPSA) is 90.7 Å². The summed E-state index contributed by atoms with van der Waals surface area (Å²) < 4.78 is 5.44. The molecule has 18 heavy (non-hydrogen) atoms. The van der Waals surface area contributed by atoms with Crippen LogP contribution in [-0.4, -0.2) is 18.3 Å². The van der Waals surface area contributed by atoms with Crippen molar-refractivity contribution in [2.75, 3.05) is 6.61 Å². The molecule has 0 aromatic heterocycles. The van der Waals surface area contributed by atoms with Crippen LogP contribution in [0.15, 0.2) is 47.6 Å². The van der Waals surface area contributed by atoms with Crippen LogP contribution in [0.1, 0.15) is 12.8 Å². The molecule has 0 aliphatic rings. The summed E-state index contributed by atoms with van der Waals surface area (Å²) >= 11 is 0. The van der Waals surface area contributed by atoms with Crippen LogP contribution in [0.5, 0.6) is 5.75 Å². The number of benzene rings is 1. The zero-order valence-electron chi connectivity index (χ0n) is 10.1. The summed E-state index contributed by atoms with van der Waals surface area (Å²) in [6.45, 7) is 0.470. The zero-order chi connectivity index (χ0) is 13.2. The predicted molar refractivity (Wildman–Crippen MR) is 71.1 cm³/mol. The molecule has 1 amide bonds. The third-order valence-corrected chi connectivity index (χ3v) is 2.07. The van der Waals surface area contributed by atoms with Gasteiger partial charge in [-0.3, -0.25) is 4.79 Å². The number of hydrogen-bond donors (Lipinski definition) is 2. The Kier molecular flexibility index (Phi) is 6.03. The van der Waals surface area contributed by atoms with Gasteiger partial charge >= 0.3 is 0 Å². The van der Waals surface area contributed by atoms with Gasteiger partial charge in [-0.2, -0.15) is 4.99 Å². The van der Waals surface area contributed by atoms with Crippen LogP contribution in [-0.2, 0) is 4.79 Å². The Morgan fingerprint density at radius 1 is 1.33 bits per heavy atom. The number of aliphatic imine (C=N–C) groups is 1. The van der Waals surface area contributed by atoms with Crippen molar-refractivity contribution in [3.8, 4) is 5.75 Å². The lowest BCUT2D eigenvalue weighted by molar-refractivity contribution is -0.118. The van der Waals surface area contributed by atoms with Gasteiger partial charge in [-0.05, 0) is 30.8 Å². The molecule has 0 saturated heterocycles. The van der Waals surface area contributed by atoms with E-state index in [9.17, 15) is 4.79 Å². The van der Waals surface area contributed by atoms with Crippen molar-refractivity contribution in [2.24, 2.45) is 16.5 Å². The summed E-state index contributed by atoms with van der Waals surface area (Å²) in [6.07, 6.45) is 3.51. The fraction of sp³-hybridized carbons (Fsp3) is 0.231. The highest BCUT2D eigenvalue weighted by molar-refractivity contribution is 5.99. The first-order chi connectivity index (χ1) is 8.72. The summed E-state index contributed by atoms with van der Waals surface area (Å²) in [5.74, 6) is 0.632. The third kappa shape index (κ3) is 5.69. The number of carbonyl (C=O) groups is 1. The largest absolute Gasteiger partial charge is 0.494 e. The molecule has 0 fully saturated rings. The van der Waals surface area contributed by atoms with Gasteiger partial charge in [0.1, 0.15) is 11.6 Å². The molecule has 0 atom stereocenters. The summed E-state index contributed by atoms with van der Waals surface area (Å²) in [7, 11) is 0. The lowest BCUT2D eigenvalue weighted by atomic mass is 10.3. The van der Waals surface area contributed by atoms with E-state index in [0.717, 1.165) is 5.75 Å².